The second-order valence-electron chi connectivity index (χ2n) is 3.86. The molecule has 2 aromatic heterocycles. The molecule has 0 N–H and O–H groups in total. The fourth-order valence-electron chi connectivity index (χ4n) is 1.76. The zero-order valence-electron chi connectivity index (χ0n) is 10.3. The molecule has 20 heavy (non-hydrogen) atoms. The Morgan fingerprint density at radius 2 is 2.20 bits per heavy atom. The van der Waals surface area contributed by atoms with Crippen molar-refractivity contribution in [2.75, 3.05) is 6.26 Å². The van der Waals surface area contributed by atoms with Crippen molar-refractivity contribution in [3.8, 4) is 10.6 Å². The lowest BCUT2D eigenvalue weighted by atomic mass is 10.2. The molecule has 0 saturated carbocycles. The van der Waals surface area contributed by atoms with Crippen LogP contribution in [0.15, 0.2) is 35.6 Å². The van der Waals surface area contributed by atoms with Crippen LogP contribution in [0.5, 0.6) is 0 Å². The summed E-state index contributed by atoms with van der Waals surface area (Å²) in [5, 5.41) is 12.3. The van der Waals surface area contributed by atoms with Gasteiger partial charge in [-0.1, -0.05) is 23.5 Å². The SMILES string of the molecule is CSc1ncnc2sc(-c3cccc([N+](=O)[O-])c3)nc12. The third-order valence-electron chi connectivity index (χ3n) is 2.66. The van der Waals surface area contributed by atoms with Gasteiger partial charge in [-0.25, -0.2) is 15.0 Å². The molecule has 100 valence electrons. The van der Waals surface area contributed by atoms with Gasteiger partial charge >= 0.3 is 0 Å². The van der Waals surface area contributed by atoms with Crippen LogP contribution in [0.3, 0.4) is 0 Å². The van der Waals surface area contributed by atoms with Gasteiger partial charge in [0.2, 0.25) is 0 Å². The predicted octanol–water partition coefficient (Wildman–Crippen LogP) is 3.38. The molecule has 0 atom stereocenters. The zero-order valence-corrected chi connectivity index (χ0v) is 11.9. The van der Waals surface area contributed by atoms with Gasteiger partial charge in [0.25, 0.3) is 5.69 Å². The highest BCUT2D eigenvalue weighted by Crippen LogP contribution is 2.33. The van der Waals surface area contributed by atoms with Crippen LogP contribution in [-0.2, 0) is 0 Å². The number of hydrogen-bond donors (Lipinski definition) is 0. The number of benzene rings is 1. The highest BCUT2D eigenvalue weighted by Gasteiger charge is 2.13. The summed E-state index contributed by atoms with van der Waals surface area (Å²) in [5.74, 6) is 0. The number of thioether (sulfide) groups is 1. The molecular formula is C12H8N4O2S2. The average Bonchev–Trinajstić information content (AvgIpc) is 2.91. The van der Waals surface area contributed by atoms with Gasteiger partial charge in [-0.05, 0) is 6.26 Å². The topological polar surface area (TPSA) is 81.8 Å². The van der Waals surface area contributed by atoms with Gasteiger partial charge in [-0.3, -0.25) is 10.1 Å². The van der Waals surface area contributed by atoms with Crippen LogP contribution < -0.4 is 0 Å². The average molecular weight is 304 g/mol. The number of nitro groups is 1. The molecule has 6 nitrogen and oxygen atoms in total. The number of hydrogen-bond acceptors (Lipinski definition) is 7. The van der Waals surface area contributed by atoms with Crippen molar-refractivity contribution in [3.05, 3.63) is 40.7 Å². The van der Waals surface area contributed by atoms with Crippen LogP contribution in [0.1, 0.15) is 0 Å². The summed E-state index contributed by atoms with van der Waals surface area (Å²) >= 11 is 2.90. The molecule has 0 unspecified atom stereocenters. The van der Waals surface area contributed by atoms with Crippen LogP contribution >= 0.6 is 23.1 Å². The summed E-state index contributed by atoms with van der Waals surface area (Å²) in [5.41, 5.74) is 1.51. The highest BCUT2D eigenvalue weighted by atomic mass is 32.2. The molecule has 3 aromatic rings. The summed E-state index contributed by atoms with van der Waals surface area (Å²) in [7, 11) is 0. The standard InChI is InChI=1S/C12H8N4O2S2/c1-19-11-9-12(14-6-13-11)20-10(15-9)7-3-2-4-8(5-7)16(17)18/h2-6H,1H3. The summed E-state index contributed by atoms with van der Waals surface area (Å²) in [6.07, 6.45) is 3.43. The fourth-order valence-corrected chi connectivity index (χ4v) is 3.22. The Hall–Kier alpha value is -2.06. The smallest absolute Gasteiger partial charge is 0.258 e. The van der Waals surface area contributed by atoms with Crippen molar-refractivity contribution >= 4 is 39.1 Å². The number of aromatic nitrogens is 3. The van der Waals surface area contributed by atoms with E-state index in [0.29, 0.717) is 10.6 Å². The van der Waals surface area contributed by atoms with Gasteiger partial charge in [-0.2, -0.15) is 0 Å². The normalized spacial score (nSPS) is 10.8. The molecule has 0 spiro atoms. The number of nitro benzene ring substituents is 1. The van der Waals surface area contributed by atoms with E-state index < -0.39 is 4.92 Å². The van der Waals surface area contributed by atoms with Crippen molar-refractivity contribution in [1.29, 1.82) is 0 Å². The minimum Gasteiger partial charge on any atom is -0.258 e. The lowest BCUT2D eigenvalue weighted by Gasteiger charge is -1.95. The van der Waals surface area contributed by atoms with Crippen LogP contribution in [0.2, 0.25) is 0 Å². The summed E-state index contributed by atoms with van der Waals surface area (Å²) < 4.78 is 0. The Bertz CT molecular complexity index is 803. The quantitative estimate of drug-likeness (QED) is 0.319. The first-order valence-electron chi connectivity index (χ1n) is 5.59. The molecule has 0 fully saturated rings. The Morgan fingerprint density at radius 3 is 2.95 bits per heavy atom. The molecule has 0 bridgehead atoms. The largest absolute Gasteiger partial charge is 0.270 e. The van der Waals surface area contributed by atoms with E-state index in [4.69, 9.17) is 0 Å². The molecule has 1 aromatic carbocycles. The van der Waals surface area contributed by atoms with Gasteiger partial charge in [0, 0.05) is 17.7 Å². The van der Waals surface area contributed by atoms with E-state index in [2.05, 4.69) is 15.0 Å². The molecule has 0 aliphatic carbocycles. The molecule has 0 radical (unpaired) electrons. The number of non-ortho nitro benzene ring substituents is 1. The molecule has 3 rings (SSSR count). The third-order valence-corrected chi connectivity index (χ3v) is 4.36. The maximum absolute atomic E-state index is 10.8. The maximum Gasteiger partial charge on any atom is 0.270 e. The molecule has 2 heterocycles. The van der Waals surface area contributed by atoms with Crippen LogP contribution in [0.4, 0.5) is 5.69 Å². The Labute approximate surface area is 122 Å². The van der Waals surface area contributed by atoms with Crippen molar-refractivity contribution in [3.63, 3.8) is 0 Å². The van der Waals surface area contributed by atoms with Crippen LogP contribution in [0, 0.1) is 10.1 Å². The van der Waals surface area contributed by atoms with Gasteiger partial charge < -0.3 is 0 Å². The van der Waals surface area contributed by atoms with Crippen molar-refractivity contribution in [2.24, 2.45) is 0 Å². The first-order valence-corrected chi connectivity index (χ1v) is 7.63. The molecule has 0 saturated heterocycles. The Kier molecular flexibility index (Phi) is 3.33. The van der Waals surface area contributed by atoms with E-state index in [9.17, 15) is 10.1 Å². The van der Waals surface area contributed by atoms with E-state index in [1.54, 1.807) is 12.1 Å². The lowest BCUT2D eigenvalue weighted by Crippen LogP contribution is -1.87. The monoisotopic (exact) mass is 304 g/mol. The second-order valence-corrected chi connectivity index (χ2v) is 5.64. The number of rotatable bonds is 3. The van der Waals surface area contributed by atoms with E-state index in [1.807, 2.05) is 6.26 Å². The summed E-state index contributed by atoms with van der Waals surface area (Å²) in [4.78, 5) is 24.1. The lowest BCUT2D eigenvalue weighted by molar-refractivity contribution is -0.384. The van der Waals surface area contributed by atoms with Crippen LogP contribution in [0.25, 0.3) is 20.9 Å². The Morgan fingerprint density at radius 1 is 1.35 bits per heavy atom. The van der Waals surface area contributed by atoms with Gasteiger partial charge in [0.05, 0.1) is 4.92 Å². The van der Waals surface area contributed by atoms with Crippen molar-refractivity contribution in [2.45, 2.75) is 5.03 Å². The zero-order chi connectivity index (χ0) is 14.1. The summed E-state index contributed by atoms with van der Waals surface area (Å²) in [6, 6.07) is 6.44. The van der Waals surface area contributed by atoms with E-state index in [1.165, 1.54) is 41.6 Å². The highest BCUT2D eigenvalue weighted by molar-refractivity contribution is 7.98. The number of fused-ring (bicyclic) bond motifs is 1. The third kappa shape index (κ3) is 2.23. The first kappa shape index (κ1) is 12.9. The minimum absolute atomic E-state index is 0.0536. The van der Waals surface area contributed by atoms with E-state index in [0.717, 1.165) is 15.4 Å². The number of nitrogens with zero attached hydrogens (tertiary/aromatic N) is 4. The predicted molar refractivity (Wildman–Crippen MR) is 79.1 cm³/mol. The maximum atomic E-state index is 10.8. The van der Waals surface area contributed by atoms with E-state index in [-0.39, 0.29) is 5.69 Å². The van der Waals surface area contributed by atoms with Crippen LogP contribution in [-0.4, -0.2) is 26.1 Å². The van der Waals surface area contributed by atoms with Gasteiger partial charge in [0.15, 0.2) is 0 Å². The molecule has 8 heteroatoms. The molecular weight excluding hydrogens is 296 g/mol. The number of thiazole rings is 1. The summed E-state index contributed by atoms with van der Waals surface area (Å²) in [6.45, 7) is 0. The van der Waals surface area contributed by atoms with Gasteiger partial charge in [0.1, 0.15) is 26.7 Å². The second kappa shape index (κ2) is 5.14. The van der Waals surface area contributed by atoms with Crippen molar-refractivity contribution in [1.82, 2.24) is 15.0 Å². The molecule has 0 aliphatic heterocycles. The fraction of sp³-hybridized carbons (Fsp3) is 0.0833. The molecule has 0 aliphatic rings. The Balaban J connectivity index is 2.15. The minimum atomic E-state index is -0.413. The van der Waals surface area contributed by atoms with Gasteiger partial charge in [-0.15, -0.1) is 11.8 Å². The van der Waals surface area contributed by atoms with Crippen molar-refractivity contribution < 1.29 is 4.92 Å². The molecule has 0 amide bonds. The first-order chi connectivity index (χ1) is 9.69. The van der Waals surface area contributed by atoms with E-state index >= 15 is 0 Å².